The van der Waals surface area contributed by atoms with Gasteiger partial charge in [0.05, 0.1) is 0 Å². The lowest BCUT2D eigenvalue weighted by atomic mass is 9.76. The summed E-state index contributed by atoms with van der Waals surface area (Å²) < 4.78 is 0. The standard InChI is InChI=1S/C12H19N/c1-3-7-11-9(5-1)10-6-2-4-8-12(10)13-11/h1,5,9-13H,2-4,6-8H2/t9?,10?,11?,12-/m0/s1. The molecule has 2 aliphatic carbocycles. The fourth-order valence-corrected chi connectivity index (χ4v) is 3.59. The molecule has 0 aromatic rings. The highest BCUT2D eigenvalue weighted by Gasteiger charge is 2.42. The van der Waals surface area contributed by atoms with E-state index in [1.54, 1.807) is 0 Å². The van der Waals surface area contributed by atoms with Gasteiger partial charge in [0.1, 0.15) is 0 Å². The van der Waals surface area contributed by atoms with Gasteiger partial charge < -0.3 is 5.32 Å². The molecule has 4 atom stereocenters. The SMILES string of the molecule is C1=CC2C(CC1)N[C@H]1CCCCC21. The second kappa shape index (κ2) is 3.13. The van der Waals surface area contributed by atoms with Gasteiger partial charge in [-0.25, -0.2) is 0 Å². The average molecular weight is 177 g/mol. The molecule has 1 nitrogen and oxygen atoms in total. The number of fused-ring (bicyclic) bond motifs is 3. The van der Waals surface area contributed by atoms with Crippen LogP contribution in [0.4, 0.5) is 0 Å². The molecule has 1 saturated carbocycles. The van der Waals surface area contributed by atoms with Crippen LogP contribution in [0.25, 0.3) is 0 Å². The van der Waals surface area contributed by atoms with Crippen LogP contribution in [0.15, 0.2) is 12.2 Å². The molecule has 0 aromatic heterocycles. The second-order valence-electron chi connectivity index (χ2n) is 4.91. The van der Waals surface area contributed by atoms with Crippen molar-refractivity contribution in [3.8, 4) is 0 Å². The van der Waals surface area contributed by atoms with Gasteiger partial charge in [0.2, 0.25) is 0 Å². The molecule has 0 radical (unpaired) electrons. The van der Waals surface area contributed by atoms with E-state index >= 15 is 0 Å². The summed E-state index contributed by atoms with van der Waals surface area (Å²) in [5, 5.41) is 3.84. The van der Waals surface area contributed by atoms with E-state index < -0.39 is 0 Å². The van der Waals surface area contributed by atoms with Crippen molar-refractivity contribution in [3.05, 3.63) is 12.2 Å². The first-order valence-electron chi connectivity index (χ1n) is 5.88. The first kappa shape index (κ1) is 8.05. The van der Waals surface area contributed by atoms with E-state index in [-0.39, 0.29) is 0 Å². The second-order valence-corrected chi connectivity index (χ2v) is 4.91. The van der Waals surface area contributed by atoms with E-state index in [0.717, 1.165) is 23.9 Å². The smallest absolute Gasteiger partial charge is 0.0139 e. The van der Waals surface area contributed by atoms with Crippen LogP contribution in [-0.4, -0.2) is 12.1 Å². The van der Waals surface area contributed by atoms with E-state index in [1.807, 2.05) is 0 Å². The van der Waals surface area contributed by atoms with Crippen LogP contribution in [0.2, 0.25) is 0 Å². The fourth-order valence-electron chi connectivity index (χ4n) is 3.59. The molecule has 1 heterocycles. The highest BCUT2D eigenvalue weighted by Crippen LogP contribution is 2.41. The van der Waals surface area contributed by atoms with Gasteiger partial charge in [-0.1, -0.05) is 25.0 Å². The molecule has 1 N–H and O–H groups in total. The van der Waals surface area contributed by atoms with Crippen molar-refractivity contribution >= 4 is 0 Å². The molecule has 1 aliphatic heterocycles. The molecule has 13 heavy (non-hydrogen) atoms. The molecule has 1 heteroatoms. The number of rotatable bonds is 0. The lowest BCUT2D eigenvalue weighted by Crippen LogP contribution is -2.33. The van der Waals surface area contributed by atoms with Crippen molar-refractivity contribution in [2.75, 3.05) is 0 Å². The highest BCUT2D eigenvalue weighted by molar-refractivity contribution is 5.10. The summed E-state index contributed by atoms with van der Waals surface area (Å²) >= 11 is 0. The summed E-state index contributed by atoms with van der Waals surface area (Å²) in [6.07, 6.45) is 13.4. The van der Waals surface area contributed by atoms with Crippen LogP contribution in [-0.2, 0) is 0 Å². The van der Waals surface area contributed by atoms with Gasteiger partial charge in [-0.3, -0.25) is 0 Å². The zero-order valence-corrected chi connectivity index (χ0v) is 8.21. The van der Waals surface area contributed by atoms with Crippen molar-refractivity contribution in [2.24, 2.45) is 11.8 Å². The molecule has 72 valence electrons. The predicted octanol–water partition coefficient (Wildman–Crippen LogP) is 2.48. The van der Waals surface area contributed by atoms with Crippen molar-refractivity contribution in [2.45, 2.75) is 50.6 Å². The van der Waals surface area contributed by atoms with Crippen molar-refractivity contribution < 1.29 is 0 Å². The maximum atomic E-state index is 3.84. The lowest BCUT2D eigenvalue weighted by molar-refractivity contribution is 0.294. The third kappa shape index (κ3) is 1.25. The molecular formula is C12H19N. The van der Waals surface area contributed by atoms with Gasteiger partial charge in [-0.15, -0.1) is 0 Å². The maximum absolute atomic E-state index is 3.84. The summed E-state index contributed by atoms with van der Waals surface area (Å²) in [5.74, 6) is 1.87. The zero-order chi connectivity index (χ0) is 8.67. The van der Waals surface area contributed by atoms with E-state index in [4.69, 9.17) is 0 Å². The van der Waals surface area contributed by atoms with Gasteiger partial charge >= 0.3 is 0 Å². The Balaban J connectivity index is 1.82. The van der Waals surface area contributed by atoms with Crippen LogP contribution < -0.4 is 5.32 Å². The molecule has 3 unspecified atom stereocenters. The summed E-state index contributed by atoms with van der Waals surface area (Å²) in [4.78, 5) is 0. The Morgan fingerprint density at radius 1 is 1.00 bits per heavy atom. The van der Waals surface area contributed by atoms with E-state index in [2.05, 4.69) is 17.5 Å². The Morgan fingerprint density at radius 2 is 1.92 bits per heavy atom. The van der Waals surface area contributed by atoms with Gasteiger partial charge in [-0.05, 0) is 37.5 Å². The molecule has 0 amide bonds. The number of hydrogen-bond acceptors (Lipinski definition) is 1. The first-order chi connectivity index (χ1) is 6.45. The predicted molar refractivity (Wildman–Crippen MR) is 54.5 cm³/mol. The Kier molecular flexibility index (Phi) is 1.93. The van der Waals surface area contributed by atoms with Crippen LogP contribution in [0, 0.1) is 11.8 Å². The minimum atomic E-state index is 0.832. The molecular weight excluding hydrogens is 158 g/mol. The largest absolute Gasteiger partial charge is 0.310 e. The van der Waals surface area contributed by atoms with Gasteiger partial charge in [-0.2, -0.15) is 0 Å². The summed E-state index contributed by atoms with van der Waals surface area (Å²) in [6.45, 7) is 0. The minimum absolute atomic E-state index is 0.832. The van der Waals surface area contributed by atoms with Crippen molar-refractivity contribution in [1.29, 1.82) is 0 Å². The first-order valence-corrected chi connectivity index (χ1v) is 5.88. The monoisotopic (exact) mass is 177 g/mol. The quantitative estimate of drug-likeness (QED) is 0.560. The summed E-state index contributed by atoms with van der Waals surface area (Å²) in [6, 6.07) is 1.70. The van der Waals surface area contributed by atoms with Gasteiger partial charge in [0, 0.05) is 12.1 Å². The van der Waals surface area contributed by atoms with Crippen LogP contribution in [0.1, 0.15) is 38.5 Å². The van der Waals surface area contributed by atoms with Crippen LogP contribution in [0.5, 0.6) is 0 Å². The molecule has 1 saturated heterocycles. The van der Waals surface area contributed by atoms with Gasteiger partial charge in [0.25, 0.3) is 0 Å². The average Bonchev–Trinajstić information content (AvgIpc) is 2.56. The summed E-state index contributed by atoms with van der Waals surface area (Å²) in [5.41, 5.74) is 0. The topological polar surface area (TPSA) is 12.0 Å². The lowest BCUT2D eigenvalue weighted by Gasteiger charge is -2.28. The van der Waals surface area contributed by atoms with E-state index in [1.165, 1.54) is 38.5 Å². The number of allylic oxidation sites excluding steroid dienone is 1. The summed E-state index contributed by atoms with van der Waals surface area (Å²) in [7, 11) is 0. The third-order valence-electron chi connectivity index (χ3n) is 4.21. The van der Waals surface area contributed by atoms with E-state index in [9.17, 15) is 0 Å². The Hall–Kier alpha value is -0.300. The van der Waals surface area contributed by atoms with Crippen molar-refractivity contribution in [3.63, 3.8) is 0 Å². The third-order valence-corrected chi connectivity index (χ3v) is 4.21. The number of hydrogen-bond donors (Lipinski definition) is 1. The molecule has 3 rings (SSSR count). The minimum Gasteiger partial charge on any atom is -0.310 e. The molecule has 0 aromatic carbocycles. The van der Waals surface area contributed by atoms with Gasteiger partial charge in [0.15, 0.2) is 0 Å². The normalized spacial score (nSPS) is 48.6. The Labute approximate surface area is 80.6 Å². The Bertz CT molecular complexity index is 221. The fraction of sp³-hybridized carbons (Fsp3) is 0.833. The molecule has 3 aliphatic rings. The number of nitrogens with one attached hydrogen (secondary N) is 1. The highest BCUT2D eigenvalue weighted by atomic mass is 15.0. The zero-order valence-electron chi connectivity index (χ0n) is 8.21. The molecule has 0 bridgehead atoms. The van der Waals surface area contributed by atoms with Crippen molar-refractivity contribution in [1.82, 2.24) is 5.32 Å². The maximum Gasteiger partial charge on any atom is 0.0139 e. The Morgan fingerprint density at radius 3 is 2.92 bits per heavy atom. The molecule has 2 fully saturated rings. The molecule has 0 spiro atoms. The van der Waals surface area contributed by atoms with Crippen LogP contribution >= 0.6 is 0 Å². The van der Waals surface area contributed by atoms with Crippen LogP contribution in [0.3, 0.4) is 0 Å². The van der Waals surface area contributed by atoms with E-state index in [0.29, 0.717) is 0 Å².